The van der Waals surface area contributed by atoms with Crippen molar-refractivity contribution in [1.29, 1.82) is 0 Å². The lowest BCUT2D eigenvalue weighted by atomic mass is 9.76. The molecular weight excluding hydrogens is 194 g/mol. The van der Waals surface area contributed by atoms with Crippen molar-refractivity contribution in [1.82, 2.24) is 4.90 Å². The van der Waals surface area contributed by atoms with Crippen LogP contribution < -0.4 is 0 Å². The number of piperidine rings is 1. The van der Waals surface area contributed by atoms with E-state index in [-0.39, 0.29) is 0 Å². The first-order chi connectivity index (χ1) is 7.88. The molecule has 1 aliphatic heterocycles. The minimum Gasteiger partial charge on any atom is -0.300 e. The first-order valence-electron chi connectivity index (χ1n) is 7.62. The van der Waals surface area contributed by atoms with Gasteiger partial charge in [-0.2, -0.15) is 0 Å². The Morgan fingerprint density at radius 2 is 1.31 bits per heavy atom. The van der Waals surface area contributed by atoms with E-state index in [1.807, 2.05) is 0 Å². The maximum Gasteiger partial charge on any atom is 0.00952 e. The topological polar surface area (TPSA) is 3.24 Å². The monoisotopic (exact) mass is 221 g/mol. The van der Waals surface area contributed by atoms with Gasteiger partial charge in [-0.3, -0.25) is 0 Å². The Morgan fingerprint density at radius 3 is 1.94 bits per heavy atom. The van der Waals surface area contributed by atoms with E-state index in [0.29, 0.717) is 0 Å². The number of likely N-dealkylation sites (tertiary alicyclic amines) is 1. The molecule has 2 saturated carbocycles. The molecule has 1 nitrogen and oxygen atoms in total. The van der Waals surface area contributed by atoms with Crippen LogP contribution in [0, 0.1) is 5.41 Å². The maximum absolute atomic E-state index is 2.84. The van der Waals surface area contributed by atoms with Crippen molar-refractivity contribution in [2.75, 3.05) is 13.1 Å². The summed E-state index contributed by atoms with van der Waals surface area (Å²) >= 11 is 0. The lowest BCUT2D eigenvalue weighted by Crippen LogP contribution is -2.45. The Bertz CT molecular complexity index is 214. The molecule has 0 bridgehead atoms. The van der Waals surface area contributed by atoms with Crippen molar-refractivity contribution >= 4 is 0 Å². The zero-order valence-electron chi connectivity index (χ0n) is 10.7. The van der Waals surface area contributed by atoms with Gasteiger partial charge in [-0.15, -0.1) is 0 Å². The fourth-order valence-corrected chi connectivity index (χ4v) is 4.43. The molecule has 0 aromatic carbocycles. The fraction of sp³-hybridized carbons (Fsp3) is 1.00. The van der Waals surface area contributed by atoms with E-state index in [0.717, 1.165) is 11.5 Å². The Labute approximate surface area is 101 Å². The molecule has 1 heteroatoms. The van der Waals surface area contributed by atoms with Crippen molar-refractivity contribution in [3.8, 4) is 0 Å². The van der Waals surface area contributed by atoms with Crippen LogP contribution in [0.5, 0.6) is 0 Å². The van der Waals surface area contributed by atoms with Crippen molar-refractivity contribution in [3.05, 3.63) is 0 Å². The predicted octanol–water partition coefficient (Wildman–Crippen LogP) is 3.98. The molecule has 92 valence electrons. The number of rotatable bonds is 1. The second-order valence-electron chi connectivity index (χ2n) is 6.53. The van der Waals surface area contributed by atoms with E-state index in [2.05, 4.69) is 4.90 Å². The molecule has 0 aromatic rings. The van der Waals surface area contributed by atoms with Crippen molar-refractivity contribution in [3.63, 3.8) is 0 Å². The molecule has 1 heterocycles. The quantitative estimate of drug-likeness (QED) is 0.647. The second-order valence-corrected chi connectivity index (χ2v) is 6.53. The lowest BCUT2D eigenvalue weighted by molar-refractivity contribution is 0.0615. The van der Waals surface area contributed by atoms with E-state index in [4.69, 9.17) is 0 Å². The second kappa shape index (κ2) is 4.68. The van der Waals surface area contributed by atoms with Gasteiger partial charge in [0.05, 0.1) is 0 Å². The van der Waals surface area contributed by atoms with Crippen molar-refractivity contribution < 1.29 is 0 Å². The molecule has 3 rings (SSSR count). The summed E-state index contributed by atoms with van der Waals surface area (Å²) in [6.45, 7) is 2.84. The van der Waals surface area contributed by atoms with Crippen LogP contribution in [0.25, 0.3) is 0 Å². The smallest absolute Gasteiger partial charge is 0.00952 e. The third kappa shape index (κ3) is 2.16. The number of hydrogen-bond acceptors (Lipinski definition) is 1. The highest BCUT2D eigenvalue weighted by Crippen LogP contribution is 2.46. The van der Waals surface area contributed by atoms with Gasteiger partial charge in [-0.05, 0) is 57.0 Å². The average molecular weight is 221 g/mol. The summed E-state index contributed by atoms with van der Waals surface area (Å²) in [6.07, 6.45) is 16.6. The Balaban J connectivity index is 1.53. The Hall–Kier alpha value is -0.0400. The first-order valence-corrected chi connectivity index (χ1v) is 7.62. The van der Waals surface area contributed by atoms with Gasteiger partial charge in [0, 0.05) is 6.04 Å². The van der Waals surface area contributed by atoms with E-state index in [1.165, 1.54) is 70.9 Å². The average Bonchev–Trinajstić information content (AvgIpc) is 2.80. The van der Waals surface area contributed by atoms with Crippen molar-refractivity contribution in [2.45, 2.75) is 76.7 Å². The summed E-state index contributed by atoms with van der Waals surface area (Å²) < 4.78 is 0. The molecule has 0 unspecified atom stereocenters. The van der Waals surface area contributed by atoms with Crippen LogP contribution in [0.15, 0.2) is 0 Å². The van der Waals surface area contributed by atoms with E-state index in [1.54, 1.807) is 12.8 Å². The van der Waals surface area contributed by atoms with Crippen molar-refractivity contribution in [2.24, 2.45) is 5.41 Å². The molecule has 0 radical (unpaired) electrons. The van der Waals surface area contributed by atoms with Gasteiger partial charge in [0.25, 0.3) is 0 Å². The largest absolute Gasteiger partial charge is 0.300 e. The summed E-state index contributed by atoms with van der Waals surface area (Å²) in [6, 6.07) is 0.965. The van der Waals surface area contributed by atoms with Crippen LogP contribution in [0.1, 0.15) is 70.6 Å². The summed E-state index contributed by atoms with van der Waals surface area (Å²) in [5, 5.41) is 0. The van der Waals surface area contributed by atoms with E-state index >= 15 is 0 Å². The van der Waals surface area contributed by atoms with Crippen LogP contribution in [-0.2, 0) is 0 Å². The highest BCUT2D eigenvalue weighted by atomic mass is 15.2. The third-order valence-corrected chi connectivity index (χ3v) is 5.61. The summed E-state index contributed by atoms with van der Waals surface area (Å²) in [5.41, 5.74) is 0.811. The Morgan fingerprint density at radius 1 is 0.688 bits per heavy atom. The summed E-state index contributed by atoms with van der Waals surface area (Å²) in [4.78, 5) is 2.84. The molecule has 16 heavy (non-hydrogen) atoms. The molecule has 1 spiro atoms. The number of hydrogen-bond donors (Lipinski definition) is 0. The van der Waals surface area contributed by atoms with Crippen LogP contribution in [-0.4, -0.2) is 24.0 Å². The predicted molar refractivity (Wildman–Crippen MR) is 68.6 cm³/mol. The summed E-state index contributed by atoms with van der Waals surface area (Å²) in [7, 11) is 0. The van der Waals surface area contributed by atoms with Crippen LogP contribution in [0.3, 0.4) is 0 Å². The Kier molecular flexibility index (Phi) is 3.24. The van der Waals surface area contributed by atoms with Crippen LogP contribution in [0.4, 0.5) is 0 Å². The van der Waals surface area contributed by atoms with Crippen LogP contribution in [0.2, 0.25) is 0 Å². The van der Waals surface area contributed by atoms with E-state index < -0.39 is 0 Å². The molecular formula is C15H27N. The highest BCUT2D eigenvalue weighted by Gasteiger charge is 2.38. The summed E-state index contributed by atoms with van der Waals surface area (Å²) in [5.74, 6) is 0. The molecule has 2 aliphatic carbocycles. The number of nitrogens with zero attached hydrogens (tertiary/aromatic N) is 1. The minimum atomic E-state index is 0.811. The van der Waals surface area contributed by atoms with Crippen LogP contribution >= 0.6 is 0 Å². The van der Waals surface area contributed by atoms with Gasteiger partial charge in [0.15, 0.2) is 0 Å². The third-order valence-electron chi connectivity index (χ3n) is 5.61. The molecule has 1 saturated heterocycles. The SMILES string of the molecule is C1CCC(N2CCC3(CCCC3)CC2)CC1. The lowest BCUT2D eigenvalue weighted by Gasteiger charge is -2.43. The van der Waals surface area contributed by atoms with Gasteiger partial charge < -0.3 is 4.90 Å². The standard InChI is InChI=1S/C15H27N/c1-2-6-14(7-3-1)16-12-10-15(11-13-16)8-4-5-9-15/h14H,1-13H2. The molecule has 0 aromatic heterocycles. The minimum absolute atomic E-state index is 0.811. The molecule has 3 aliphatic rings. The molecule has 0 atom stereocenters. The van der Waals surface area contributed by atoms with E-state index in [9.17, 15) is 0 Å². The zero-order valence-corrected chi connectivity index (χ0v) is 10.7. The normalized spacial score (nSPS) is 32.2. The highest BCUT2D eigenvalue weighted by molar-refractivity contribution is 4.91. The first kappa shape index (κ1) is 11.1. The van der Waals surface area contributed by atoms with Gasteiger partial charge in [-0.25, -0.2) is 0 Å². The molecule has 0 amide bonds. The van der Waals surface area contributed by atoms with Gasteiger partial charge >= 0.3 is 0 Å². The molecule has 0 N–H and O–H groups in total. The fourth-order valence-electron chi connectivity index (χ4n) is 4.43. The van der Waals surface area contributed by atoms with Gasteiger partial charge in [0.2, 0.25) is 0 Å². The van der Waals surface area contributed by atoms with Gasteiger partial charge in [-0.1, -0.05) is 32.1 Å². The molecule has 3 fully saturated rings. The zero-order chi connectivity index (χ0) is 10.8. The maximum atomic E-state index is 2.84. The van der Waals surface area contributed by atoms with Gasteiger partial charge in [0.1, 0.15) is 0 Å².